The fraction of sp³-hybridized carbons (Fsp3) is 0.250. The van der Waals surface area contributed by atoms with Crippen LogP contribution in [0.2, 0.25) is 5.02 Å². The molecule has 1 unspecified atom stereocenters. The molecule has 1 atom stereocenters. The summed E-state index contributed by atoms with van der Waals surface area (Å²) in [6, 6.07) is 14.3. The van der Waals surface area contributed by atoms with Crippen LogP contribution >= 0.6 is 11.6 Å². The molecule has 1 aromatic heterocycles. The average molecular weight is 386 g/mol. The maximum atomic E-state index is 12.5. The molecule has 3 rings (SSSR count). The molecule has 27 heavy (non-hydrogen) atoms. The fourth-order valence-electron chi connectivity index (χ4n) is 2.92. The number of benzene rings is 2. The fourth-order valence-corrected chi connectivity index (χ4v) is 3.19. The Hall–Kier alpha value is -2.86. The molecule has 3 aromatic rings. The van der Waals surface area contributed by atoms with Crippen molar-refractivity contribution in [1.82, 2.24) is 14.9 Å². The number of carbonyl (C=O) groups is 2. The number of para-hydroxylation sites is 2. The quantitative estimate of drug-likeness (QED) is 0.632. The Morgan fingerprint density at radius 1 is 1.19 bits per heavy atom. The van der Waals surface area contributed by atoms with Crippen molar-refractivity contribution in [2.45, 2.75) is 25.4 Å². The van der Waals surface area contributed by atoms with Gasteiger partial charge in [-0.25, -0.2) is 4.98 Å². The number of rotatable bonds is 7. The lowest BCUT2D eigenvalue weighted by molar-refractivity contribution is -0.141. The van der Waals surface area contributed by atoms with Gasteiger partial charge < -0.3 is 14.6 Å². The van der Waals surface area contributed by atoms with Gasteiger partial charge in [0.1, 0.15) is 0 Å². The highest BCUT2D eigenvalue weighted by atomic mass is 35.5. The summed E-state index contributed by atoms with van der Waals surface area (Å²) in [7, 11) is 1.32. The van der Waals surface area contributed by atoms with Crippen LogP contribution in [0.1, 0.15) is 24.4 Å². The molecule has 0 aliphatic rings. The molecule has 1 N–H and O–H groups in total. The summed E-state index contributed by atoms with van der Waals surface area (Å²) in [5, 5.41) is 3.38. The van der Waals surface area contributed by atoms with Gasteiger partial charge in [-0.1, -0.05) is 41.9 Å². The van der Waals surface area contributed by atoms with E-state index in [1.54, 1.807) is 24.5 Å². The molecule has 140 valence electrons. The number of carbonyl (C=O) groups excluding carboxylic acids is 2. The zero-order chi connectivity index (χ0) is 19.2. The average Bonchev–Trinajstić information content (AvgIpc) is 3.09. The zero-order valence-electron chi connectivity index (χ0n) is 14.9. The van der Waals surface area contributed by atoms with E-state index >= 15 is 0 Å². The molecule has 0 radical (unpaired) electrons. The number of nitrogens with zero attached hydrogens (tertiary/aromatic N) is 2. The van der Waals surface area contributed by atoms with Gasteiger partial charge in [0.25, 0.3) is 0 Å². The number of methoxy groups -OCH3 is 1. The van der Waals surface area contributed by atoms with E-state index in [1.807, 2.05) is 34.9 Å². The molecule has 0 bridgehead atoms. The molecule has 2 aromatic carbocycles. The van der Waals surface area contributed by atoms with Crippen LogP contribution in [0.3, 0.4) is 0 Å². The molecule has 0 aliphatic carbocycles. The predicted octanol–water partition coefficient (Wildman–Crippen LogP) is 3.50. The van der Waals surface area contributed by atoms with Crippen molar-refractivity contribution in [3.05, 3.63) is 65.4 Å². The van der Waals surface area contributed by atoms with E-state index in [1.165, 1.54) is 7.11 Å². The van der Waals surface area contributed by atoms with Gasteiger partial charge in [-0.3, -0.25) is 9.59 Å². The SMILES string of the molecule is COC(=O)CC(NC(=O)CCn1cnc2ccccc21)c1ccccc1Cl. The van der Waals surface area contributed by atoms with E-state index < -0.39 is 12.0 Å². The summed E-state index contributed by atoms with van der Waals surface area (Å²) >= 11 is 6.24. The lowest BCUT2D eigenvalue weighted by atomic mass is 10.0. The number of aryl methyl sites for hydroxylation is 1. The highest BCUT2D eigenvalue weighted by Gasteiger charge is 2.21. The van der Waals surface area contributed by atoms with Crippen molar-refractivity contribution in [3.8, 4) is 0 Å². The lowest BCUT2D eigenvalue weighted by Gasteiger charge is -2.19. The maximum Gasteiger partial charge on any atom is 0.307 e. The number of halogens is 1. The largest absolute Gasteiger partial charge is 0.469 e. The second-order valence-electron chi connectivity index (χ2n) is 6.10. The molecule has 0 saturated heterocycles. The molecule has 6 nitrogen and oxygen atoms in total. The Labute approximate surface area is 162 Å². The summed E-state index contributed by atoms with van der Waals surface area (Å²) in [6.07, 6.45) is 1.99. The van der Waals surface area contributed by atoms with Crippen molar-refractivity contribution >= 4 is 34.5 Å². The summed E-state index contributed by atoms with van der Waals surface area (Å²) in [6.45, 7) is 0.486. The van der Waals surface area contributed by atoms with Crippen LogP contribution in [0.5, 0.6) is 0 Å². The Balaban J connectivity index is 1.68. The van der Waals surface area contributed by atoms with Gasteiger partial charge in [-0.15, -0.1) is 0 Å². The van der Waals surface area contributed by atoms with Gasteiger partial charge in [0.05, 0.1) is 36.9 Å². The van der Waals surface area contributed by atoms with Crippen LogP contribution in [0.15, 0.2) is 54.9 Å². The summed E-state index contributed by atoms with van der Waals surface area (Å²) in [4.78, 5) is 28.6. The second kappa shape index (κ2) is 8.68. The molecule has 0 saturated carbocycles. The number of hydrogen-bond acceptors (Lipinski definition) is 4. The maximum absolute atomic E-state index is 12.5. The third-order valence-electron chi connectivity index (χ3n) is 4.32. The number of amides is 1. The van der Waals surface area contributed by atoms with E-state index in [0.29, 0.717) is 17.1 Å². The Bertz CT molecular complexity index is 954. The second-order valence-corrected chi connectivity index (χ2v) is 6.51. The predicted molar refractivity (Wildman–Crippen MR) is 103 cm³/mol. The Morgan fingerprint density at radius 3 is 2.70 bits per heavy atom. The molecule has 0 fully saturated rings. The van der Waals surface area contributed by atoms with E-state index in [-0.39, 0.29) is 18.7 Å². The normalized spacial score (nSPS) is 11.9. The summed E-state index contributed by atoms with van der Waals surface area (Å²) in [5.74, 6) is -0.595. The van der Waals surface area contributed by atoms with Crippen molar-refractivity contribution in [2.24, 2.45) is 0 Å². The first-order chi connectivity index (χ1) is 13.1. The minimum Gasteiger partial charge on any atom is -0.469 e. The first-order valence-electron chi connectivity index (χ1n) is 8.59. The monoisotopic (exact) mass is 385 g/mol. The molecule has 7 heteroatoms. The van der Waals surface area contributed by atoms with Crippen molar-refractivity contribution in [1.29, 1.82) is 0 Å². The first kappa shape index (κ1) is 18.9. The third kappa shape index (κ3) is 4.65. The number of fused-ring (bicyclic) bond motifs is 1. The highest BCUT2D eigenvalue weighted by molar-refractivity contribution is 6.31. The van der Waals surface area contributed by atoms with Gasteiger partial charge in [0.2, 0.25) is 5.91 Å². The van der Waals surface area contributed by atoms with Crippen LogP contribution in [0.4, 0.5) is 0 Å². The summed E-state index contributed by atoms with van der Waals surface area (Å²) in [5.41, 5.74) is 2.55. The van der Waals surface area contributed by atoms with Gasteiger partial charge in [0, 0.05) is 18.0 Å². The van der Waals surface area contributed by atoms with Crippen molar-refractivity contribution in [2.75, 3.05) is 7.11 Å². The number of aromatic nitrogens is 2. The first-order valence-corrected chi connectivity index (χ1v) is 8.96. The number of esters is 1. The minimum absolute atomic E-state index is 0.0139. The molecular weight excluding hydrogens is 366 g/mol. The van der Waals surface area contributed by atoms with Gasteiger partial charge >= 0.3 is 5.97 Å². The van der Waals surface area contributed by atoms with Crippen molar-refractivity contribution in [3.63, 3.8) is 0 Å². The van der Waals surface area contributed by atoms with Gasteiger partial charge in [-0.05, 0) is 23.8 Å². The van der Waals surface area contributed by atoms with E-state index in [2.05, 4.69) is 10.3 Å². The minimum atomic E-state index is -0.543. The lowest BCUT2D eigenvalue weighted by Crippen LogP contribution is -2.31. The van der Waals surface area contributed by atoms with Crippen LogP contribution in [0, 0.1) is 0 Å². The van der Waals surface area contributed by atoms with E-state index in [9.17, 15) is 9.59 Å². The Kier molecular flexibility index (Phi) is 6.08. The third-order valence-corrected chi connectivity index (χ3v) is 4.67. The van der Waals surface area contributed by atoms with Crippen LogP contribution < -0.4 is 5.32 Å². The highest BCUT2D eigenvalue weighted by Crippen LogP contribution is 2.25. The van der Waals surface area contributed by atoms with E-state index in [4.69, 9.17) is 16.3 Å². The van der Waals surface area contributed by atoms with Crippen LogP contribution in [-0.4, -0.2) is 28.5 Å². The molecule has 0 aliphatic heterocycles. The number of hydrogen-bond donors (Lipinski definition) is 1. The zero-order valence-corrected chi connectivity index (χ0v) is 15.6. The molecule has 1 heterocycles. The summed E-state index contributed by atoms with van der Waals surface area (Å²) < 4.78 is 6.68. The van der Waals surface area contributed by atoms with Crippen LogP contribution in [-0.2, 0) is 20.9 Å². The Morgan fingerprint density at radius 2 is 1.93 bits per heavy atom. The smallest absolute Gasteiger partial charge is 0.307 e. The molecule has 1 amide bonds. The molecular formula is C20H20ClN3O3. The standard InChI is InChI=1S/C20H20ClN3O3/c1-27-20(26)12-17(14-6-2-3-7-15(14)21)23-19(25)10-11-24-13-22-16-8-4-5-9-18(16)24/h2-9,13,17H,10-12H2,1H3,(H,23,25). The van der Waals surface area contributed by atoms with Gasteiger partial charge in [0.15, 0.2) is 0 Å². The number of ether oxygens (including phenoxy) is 1. The van der Waals surface area contributed by atoms with Crippen LogP contribution in [0.25, 0.3) is 11.0 Å². The number of nitrogens with one attached hydrogen (secondary N) is 1. The number of imidazole rings is 1. The van der Waals surface area contributed by atoms with E-state index in [0.717, 1.165) is 11.0 Å². The van der Waals surface area contributed by atoms with Crippen molar-refractivity contribution < 1.29 is 14.3 Å². The van der Waals surface area contributed by atoms with Gasteiger partial charge in [-0.2, -0.15) is 0 Å². The molecule has 0 spiro atoms. The topological polar surface area (TPSA) is 73.2 Å².